The van der Waals surface area contributed by atoms with Gasteiger partial charge in [-0.3, -0.25) is 4.79 Å². The Balaban J connectivity index is 2.25. The van der Waals surface area contributed by atoms with E-state index in [0.717, 1.165) is 5.56 Å². The molecular weight excluding hydrogens is 285 g/mol. The van der Waals surface area contributed by atoms with E-state index >= 15 is 0 Å². The van der Waals surface area contributed by atoms with E-state index in [9.17, 15) is 9.18 Å². The average Bonchev–Trinajstić information content (AvgIpc) is 2.73. The van der Waals surface area contributed by atoms with Crippen LogP contribution >= 0.6 is 15.9 Å². The molecule has 4 heteroatoms. The lowest BCUT2D eigenvalue weighted by Crippen LogP contribution is -1.99. The van der Waals surface area contributed by atoms with E-state index in [2.05, 4.69) is 15.9 Å². The summed E-state index contributed by atoms with van der Waals surface area (Å²) < 4.78 is 15.6. The van der Waals surface area contributed by atoms with Crippen LogP contribution in [0.2, 0.25) is 0 Å². The largest absolute Gasteiger partial charge is 0.349 e. The van der Waals surface area contributed by atoms with E-state index in [4.69, 9.17) is 0 Å². The lowest BCUT2D eigenvalue weighted by atomic mass is 10.2. The molecule has 0 aliphatic rings. The van der Waals surface area contributed by atoms with Crippen molar-refractivity contribution >= 4 is 21.7 Å². The van der Waals surface area contributed by atoms with Crippen molar-refractivity contribution in [2.45, 2.75) is 13.5 Å². The number of Topliss-reactive ketones (excluding diaryl/α,β-unsaturated/α-hetero) is 1. The van der Waals surface area contributed by atoms with Crippen molar-refractivity contribution in [3.63, 3.8) is 0 Å². The minimum Gasteiger partial charge on any atom is -0.349 e. The number of hydrogen-bond donors (Lipinski definition) is 0. The summed E-state index contributed by atoms with van der Waals surface area (Å²) in [7, 11) is 0. The maximum Gasteiger partial charge on any atom is 0.161 e. The first-order chi connectivity index (χ1) is 8.08. The number of ketones is 1. The number of rotatable bonds is 3. The van der Waals surface area contributed by atoms with Crippen LogP contribution in [-0.4, -0.2) is 10.4 Å². The molecule has 1 heterocycles. The number of halogens is 2. The molecule has 2 nitrogen and oxygen atoms in total. The summed E-state index contributed by atoms with van der Waals surface area (Å²) in [4.78, 5) is 11.1. The molecule has 2 rings (SSSR count). The van der Waals surface area contributed by atoms with Crippen LogP contribution in [0.1, 0.15) is 22.8 Å². The highest BCUT2D eigenvalue weighted by Gasteiger charge is 2.07. The first kappa shape index (κ1) is 12.0. The molecule has 17 heavy (non-hydrogen) atoms. The molecule has 1 aromatic carbocycles. The van der Waals surface area contributed by atoms with Gasteiger partial charge in [0.1, 0.15) is 5.82 Å². The van der Waals surface area contributed by atoms with E-state index in [1.807, 2.05) is 16.8 Å². The normalized spacial score (nSPS) is 10.5. The fourth-order valence-electron chi connectivity index (χ4n) is 1.61. The van der Waals surface area contributed by atoms with Gasteiger partial charge in [-0.25, -0.2) is 4.39 Å². The van der Waals surface area contributed by atoms with Gasteiger partial charge < -0.3 is 4.57 Å². The Morgan fingerprint density at radius 3 is 2.82 bits per heavy atom. The molecule has 0 spiro atoms. The highest BCUT2D eigenvalue weighted by atomic mass is 79.9. The highest BCUT2D eigenvalue weighted by molar-refractivity contribution is 9.10. The molecule has 0 aliphatic heterocycles. The van der Waals surface area contributed by atoms with Gasteiger partial charge in [0.25, 0.3) is 0 Å². The fraction of sp³-hybridized carbons (Fsp3) is 0.154. The van der Waals surface area contributed by atoms with E-state index < -0.39 is 0 Å². The van der Waals surface area contributed by atoms with Gasteiger partial charge in [-0.2, -0.15) is 0 Å². The molecule has 0 bridgehead atoms. The molecule has 0 amide bonds. The summed E-state index contributed by atoms with van der Waals surface area (Å²) in [6, 6.07) is 6.69. The zero-order chi connectivity index (χ0) is 12.4. The van der Waals surface area contributed by atoms with Crippen molar-refractivity contribution in [3.8, 4) is 0 Å². The molecule has 88 valence electrons. The van der Waals surface area contributed by atoms with E-state index in [1.54, 1.807) is 18.3 Å². The van der Waals surface area contributed by atoms with Gasteiger partial charge in [-0.1, -0.05) is 12.1 Å². The lowest BCUT2D eigenvalue weighted by Gasteiger charge is -2.06. The van der Waals surface area contributed by atoms with Crippen molar-refractivity contribution in [1.82, 2.24) is 4.57 Å². The van der Waals surface area contributed by atoms with Crippen LogP contribution in [0.5, 0.6) is 0 Å². The smallest absolute Gasteiger partial charge is 0.161 e. The van der Waals surface area contributed by atoms with E-state index in [1.165, 1.54) is 13.0 Å². The van der Waals surface area contributed by atoms with Crippen LogP contribution in [0.15, 0.2) is 41.1 Å². The molecule has 1 aromatic heterocycles. The minimum absolute atomic E-state index is 0.0297. The molecular formula is C13H11BrFNO. The average molecular weight is 296 g/mol. The predicted molar refractivity (Wildman–Crippen MR) is 67.6 cm³/mol. The quantitative estimate of drug-likeness (QED) is 0.793. The second kappa shape index (κ2) is 4.84. The first-order valence-corrected chi connectivity index (χ1v) is 5.97. The maximum atomic E-state index is 13.3. The van der Waals surface area contributed by atoms with Crippen molar-refractivity contribution in [1.29, 1.82) is 0 Å². The van der Waals surface area contributed by atoms with Crippen LogP contribution in [0, 0.1) is 5.82 Å². The van der Waals surface area contributed by atoms with Gasteiger partial charge in [0, 0.05) is 24.5 Å². The monoisotopic (exact) mass is 295 g/mol. The Morgan fingerprint density at radius 2 is 2.18 bits per heavy atom. The molecule has 0 aliphatic carbocycles. The standard InChI is InChI=1S/C13H11BrFNO/c1-9(17)10-5-6-16(7-10)8-11-3-2-4-12(15)13(11)14/h2-7H,8H2,1H3. The number of benzene rings is 1. The van der Waals surface area contributed by atoms with Crippen LogP contribution in [0.4, 0.5) is 4.39 Å². The Hall–Kier alpha value is -1.42. The predicted octanol–water partition coefficient (Wildman–Crippen LogP) is 3.64. The van der Waals surface area contributed by atoms with Crippen molar-refractivity contribution in [3.05, 3.63) is 58.1 Å². The topological polar surface area (TPSA) is 22.0 Å². The molecule has 0 unspecified atom stereocenters. The van der Waals surface area contributed by atoms with Gasteiger partial charge in [0.2, 0.25) is 0 Å². The zero-order valence-electron chi connectivity index (χ0n) is 9.28. The van der Waals surface area contributed by atoms with Gasteiger partial charge in [-0.05, 0) is 40.5 Å². The molecule has 0 atom stereocenters. The summed E-state index contributed by atoms with van der Waals surface area (Å²) in [5.41, 5.74) is 1.51. The molecule has 0 radical (unpaired) electrons. The highest BCUT2D eigenvalue weighted by Crippen LogP contribution is 2.21. The van der Waals surface area contributed by atoms with Crippen molar-refractivity contribution in [2.75, 3.05) is 0 Å². The van der Waals surface area contributed by atoms with Gasteiger partial charge in [0.05, 0.1) is 4.47 Å². The Kier molecular flexibility index (Phi) is 3.43. The van der Waals surface area contributed by atoms with E-state index in [-0.39, 0.29) is 11.6 Å². The summed E-state index contributed by atoms with van der Waals surface area (Å²) >= 11 is 3.22. The fourth-order valence-corrected chi connectivity index (χ4v) is 2.00. The van der Waals surface area contributed by atoms with Crippen LogP contribution in [0.3, 0.4) is 0 Å². The van der Waals surface area contributed by atoms with Gasteiger partial charge >= 0.3 is 0 Å². The SMILES string of the molecule is CC(=O)c1ccn(Cc2cccc(F)c2Br)c1. The Labute approximate surface area is 107 Å². The molecule has 0 saturated carbocycles. The van der Waals surface area contributed by atoms with Crippen molar-refractivity contribution in [2.24, 2.45) is 0 Å². The third-order valence-electron chi connectivity index (χ3n) is 2.54. The third-order valence-corrected chi connectivity index (χ3v) is 3.43. The molecule has 0 fully saturated rings. The maximum absolute atomic E-state index is 13.3. The van der Waals surface area contributed by atoms with Crippen LogP contribution < -0.4 is 0 Å². The minimum atomic E-state index is -0.276. The third kappa shape index (κ3) is 2.64. The van der Waals surface area contributed by atoms with E-state index in [0.29, 0.717) is 16.6 Å². The Morgan fingerprint density at radius 1 is 1.41 bits per heavy atom. The van der Waals surface area contributed by atoms with Crippen molar-refractivity contribution < 1.29 is 9.18 Å². The summed E-state index contributed by atoms with van der Waals surface area (Å²) in [6.07, 6.45) is 3.58. The summed E-state index contributed by atoms with van der Waals surface area (Å²) in [5.74, 6) is -0.247. The van der Waals surface area contributed by atoms with Crippen LogP contribution in [0.25, 0.3) is 0 Å². The summed E-state index contributed by atoms with van der Waals surface area (Å²) in [5, 5.41) is 0. The molecule has 2 aromatic rings. The van der Waals surface area contributed by atoms with Gasteiger partial charge in [-0.15, -0.1) is 0 Å². The number of aromatic nitrogens is 1. The second-order valence-electron chi connectivity index (χ2n) is 3.84. The number of carbonyl (C=O) groups is 1. The number of carbonyl (C=O) groups excluding carboxylic acids is 1. The molecule has 0 saturated heterocycles. The number of hydrogen-bond acceptors (Lipinski definition) is 1. The summed E-state index contributed by atoms with van der Waals surface area (Å²) in [6.45, 7) is 2.06. The lowest BCUT2D eigenvalue weighted by molar-refractivity contribution is 0.101. The molecule has 0 N–H and O–H groups in total. The zero-order valence-corrected chi connectivity index (χ0v) is 10.9. The Bertz CT molecular complexity index is 562. The van der Waals surface area contributed by atoms with Gasteiger partial charge in [0.15, 0.2) is 5.78 Å². The second-order valence-corrected chi connectivity index (χ2v) is 4.63. The van der Waals surface area contributed by atoms with Crippen LogP contribution in [-0.2, 0) is 6.54 Å². The number of nitrogens with zero attached hydrogens (tertiary/aromatic N) is 1. The first-order valence-electron chi connectivity index (χ1n) is 5.17.